The van der Waals surface area contributed by atoms with Gasteiger partial charge in [-0.05, 0) is 10.8 Å². The van der Waals surface area contributed by atoms with E-state index in [4.69, 9.17) is 0 Å². The monoisotopic (exact) mass is 672 g/mol. The molecule has 42 heavy (non-hydrogen) atoms. The summed E-state index contributed by atoms with van der Waals surface area (Å²) in [5, 5.41) is 13.9. The van der Waals surface area contributed by atoms with E-state index in [0.29, 0.717) is 0 Å². The van der Waals surface area contributed by atoms with Gasteiger partial charge in [0.05, 0.1) is 0 Å². The third-order valence-corrected chi connectivity index (χ3v) is 13.3. The zero-order chi connectivity index (χ0) is 27.1. The van der Waals surface area contributed by atoms with Crippen molar-refractivity contribution in [2.75, 3.05) is 0 Å². The summed E-state index contributed by atoms with van der Waals surface area (Å²) in [6.45, 7) is 0. The number of rotatable bonds is 2. The molecule has 0 atom stereocenters. The molecule has 0 saturated carbocycles. The minimum Gasteiger partial charge on any atom is -0.126 e. The third-order valence-electron chi connectivity index (χ3n) is 7.21. The van der Waals surface area contributed by atoms with E-state index in [1.54, 1.807) is 23.3 Å². The number of fused-ring (bicyclic) bond motifs is 8. The van der Waals surface area contributed by atoms with Crippen LogP contribution in [0.15, 0.2) is 158 Å². The van der Waals surface area contributed by atoms with Gasteiger partial charge in [0.15, 0.2) is 0 Å². The van der Waals surface area contributed by atoms with Gasteiger partial charge in [-0.25, -0.2) is 12.2 Å². The van der Waals surface area contributed by atoms with Crippen LogP contribution in [0.3, 0.4) is 0 Å². The normalized spacial score (nSPS) is 11.3. The Morgan fingerprint density at radius 1 is 0.548 bits per heavy atom. The fourth-order valence-electron chi connectivity index (χ4n) is 5.33. The second-order valence-corrected chi connectivity index (χ2v) is 15.3. The molecule has 0 aliphatic heterocycles. The summed E-state index contributed by atoms with van der Waals surface area (Å²) in [7, 11) is 0. The van der Waals surface area contributed by atoms with E-state index in [-0.39, 0.29) is 24.8 Å². The molecule has 0 nitrogen and oxygen atoms in total. The molecule has 8 rings (SSSR count). The Morgan fingerprint density at radius 2 is 1.02 bits per heavy atom. The molecule has 7 aromatic carbocycles. The van der Waals surface area contributed by atoms with Crippen LogP contribution < -0.4 is 35.2 Å². The molecule has 7 aromatic rings. The maximum atomic E-state index is 2.99. The molecule has 0 saturated heterocycles. The van der Waals surface area contributed by atoms with Crippen molar-refractivity contribution >= 4 is 58.9 Å². The van der Waals surface area contributed by atoms with Crippen molar-refractivity contribution in [1.82, 2.24) is 0 Å². The van der Waals surface area contributed by atoms with Gasteiger partial charge in [-0.3, -0.25) is 6.08 Å². The first-order chi connectivity index (χ1) is 19.8. The molecule has 0 radical (unpaired) electrons. The van der Waals surface area contributed by atoms with E-state index in [1.807, 2.05) is 12.2 Å². The van der Waals surface area contributed by atoms with Gasteiger partial charge >= 0.3 is 99.8 Å². The number of allylic oxidation sites excluding steroid dienone is 4. The van der Waals surface area contributed by atoms with E-state index in [0.717, 1.165) is 6.42 Å². The SMILES string of the molecule is [C-]1=CC=CC1.[Cl-].[Cl-].[Zr+2]=[Si](c1ccccc1)c1ccccc1.c1ccc2c(c1)[cH-]c1c3ccccc3c3ccccc3c21. The second kappa shape index (κ2) is 15.4. The summed E-state index contributed by atoms with van der Waals surface area (Å²) >= 11 is 1.64. The minimum atomic E-state index is -0.455. The Kier molecular flexibility index (Phi) is 11.6. The molecule has 0 amide bonds. The molecule has 0 spiro atoms. The maximum Gasteiger partial charge on any atom is -0.0255 e. The van der Waals surface area contributed by atoms with Crippen molar-refractivity contribution in [2.45, 2.75) is 6.42 Å². The second-order valence-electron chi connectivity index (χ2n) is 9.72. The summed E-state index contributed by atoms with van der Waals surface area (Å²) in [6, 6.07) is 50.2. The molecular weight excluding hydrogens is 647 g/mol. The molecule has 1 aliphatic rings. The van der Waals surface area contributed by atoms with E-state index >= 15 is 0 Å². The zero-order valence-electron chi connectivity index (χ0n) is 23.0. The van der Waals surface area contributed by atoms with E-state index < -0.39 is 5.43 Å². The third kappa shape index (κ3) is 6.91. The summed E-state index contributed by atoms with van der Waals surface area (Å²) < 4.78 is 0. The average molecular weight is 675 g/mol. The van der Waals surface area contributed by atoms with E-state index in [2.05, 4.69) is 152 Å². The molecule has 204 valence electrons. The Labute approximate surface area is 275 Å². The first-order valence-corrected chi connectivity index (χ1v) is 18.8. The zero-order valence-corrected chi connectivity index (χ0v) is 27.9. The summed E-state index contributed by atoms with van der Waals surface area (Å²) in [6.07, 6.45) is 10.0. The molecule has 0 fully saturated rings. The fraction of sp³-hybridized carbons (Fsp3) is 0.0263. The largest absolute Gasteiger partial charge is 0.126 e. The molecule has 1 aliphatic carbocycles. The van der Waals surface area contributed by atoms with Crippen LogP contribution in [-0.4, -0.2) is 5.43 Å². The van der Waals surface area contributed by atoms with Crippen LogP contribution in [0.25, 0.3) is 43.1 Å². The van der Waals surface area contributed by atoms with Gasteiger partial charge in [0.1, 0.15) is 0 Å². The van der Waals surface area contributed by atoms with Gasteiger partial charge in [-0.15, -0.1) is 40.1 Å². The quantitative estimate of drug-likeness (QED) is 0.151. The van der Waals surface area contributed by atoms with Crippen molar-refractivity contribution in [3.8, 4) is 0 Å². The molecule has 4 heteroatoms. The number of halogens is 2. The molecule has 0 aromatic heterocycles. The first-order valence-electron chi connectivity index (χ1n) is 13.6. The van der Waals surface area contributed by atoms with E-state index in [1.165, 1.54) is 53.5 Å². The van der Waals surface area contributed by atoms with Crippen LogP contribution in [0, 0.1) is 6.08 Å². The van der Waals surface area contributed by atoms with Crippen LogP contribution >= 0.6 is 0 Å². The van der Waals surface area contributed by atoms with Gasteiger partial charge in [0.2, 0.25) is 0 Å². The summed E-state index contributed by atoms with van der Waals surface area (Å²) in [5.74, 6) is 0. The van der Waals surface area contributed by atoms with Crippen molar-refractivity contribution < 1.29 is 48.1 Å². The van der Waals surface area contributed by atoms with Crippen LogP contribution in [0.4, 0.5) is 0 Å². The van der Waals surface area contributed by atoms with Crippen molar-refractivity contribution in [1.29, 1.82) is 0 Å². The smallest absolute Gasteiger partial charge is 0.0255 e. The number of hydrogen-bond donors (Lipinski definition) is 0. The van der Waals surface area contributed by atoms with E-state index in [9.17, 15) is 0 Å². The van der Waals surface area contributed by atoms with Crippen LogP contribution in [0.5, 0.6) is 0 Å². The van der Waals surface area contributed by atoms with Crippen LogP contribution in [0.2, 0.25) is 0 Å². The summed E-state index contributed by atoms with van der Waals surface area (Å²) in [5.41, 5.74) is -0.455. The fourth-order valence-corrected chi connectivity index (χ4v) is 9.17. The van der Waals surface area contributed by atoms with Gasteiger partial charge in [-0.1, -0.05) is 77.5 Å². The molecule has 0 unspecified atom stereocenters. The predicted molar refractivity (Wildman–Crippen MR) is 172 cm³/mol. The van der Waals surface area contributed by atoms with Gasteiger partial charge in [0.25, 0.3) is 0 Å². The Bertz CT molecular complexity index is 1940. The van der Waals surface area contributed by atoms with Crippen molar-refractivity contribution in [3.05, 3.63) is 164 Å². The topological polar surface area (TPSA) is 0 Å². The Morgan fingerprint density at radius 3 is 1.55 bits per heavy atom. The van der Waals surface area contributed by atoms with Crippen molar-refractivity contribution in [2.24, 2.45) is 0 Å². The van der Waals surface area contributed by atoms with Crippen LogP contribution in [0.1, 0.15) is 6.42 Å². The number of hydrogen-bond acceptors (Lipinski definition) is 0. The van der Waals surface area contributed by atoms with Gasteiger partial charge in [-0.2, -0.15) is 6.08 Å². The van der Waals surface area contributed by atoms with Gasteiger partial charge in [0, 0.05) is 0 Å². The molecular formula is C38H28Cl2SiZr-2. The maximum absolute atomic E-state index is 2.99. The van der Waals surface area contributed by atoms with Gasteiger partial charge < -0.3 is 24.8 Å². The Hall–Kier alpha value is -3.13. The molecule has 0 heterocycles. The number of benzene rings is 6. The first kappa shape index (κ1) is 31.8. The molecule has 0 bridgehead atoms. The van der Waals surface area contributed by atoms with Crippen LogP contribution in [-0.2, 0) is 23.3 Å². The predicted octanol–water partition coefficient (Wildman–Crippen LogP) is 2.67. The molecule has 0 N–H and O–H groups in total. The minimum absolute atomic E-state index is 0. The summed E-state index contributed by atoms with van der Waals surface area (Å²) in [4.78, 5) is 0. The Balaban J connectivity index is 0.000000168. The standard InChI is InChI=1S/C21H13.C12H10Si.C5H5.2ClH.Zr/c1-2-8-15-14(7-1)13-20-18-11-4-3-9-16(18)17-10-5-6-12-19(17)21(15)20;1-3-7-11(8-4-1)13-12-9-5-2-6-10-12;1-2-4-5-3-1;;;/h1-13H;1-10H;1-3H,4H2;2*1H;/q-1;;-1;;;+2/p-2. The average Bonchev–Trinajstić information content (AvgIpc) is 3.75. The van der Waals surface area contributed by atoms with Crippen molar-refractivity contribution in [3.63, 3.8) is 0 Å².